The third-order valence-electron chi connectivity index (χ3n) is 5.44. The summed E-state index contributed by atoms with van der Waals surface area (Å²) in [6.45, 7) is 6.94. The van der Waals surface area contributed by atoms with Crippen LogP contribution < -0.4 is 0 Å². The van der Waals surface area contributed by atoms with E-state index in [0.29, 0.717) is 14.6 Å². The first kappa shape index (κ1) is 21.1. The zero-order chi connectivity index (χ0) is 18.3. The number of alkyl halides is 1. The highest BCUT2D eigenvalue weighted by molar-refractivity contribution is 14.1. The average Bonchev–Trinajstić information content (AvgIpc) is 3.26. The maximum absolute atomic E-state index is 10.6. The number of rotatable bonds is 11. The van der Waals surface area contributed by atoms with Gasteiger partial charge < -0.3 is 5.11 Å². The van der Waals surface area contributed by atoms with Gasteiger partial charge >= 0.3 is 0 Å². The molecule has 1 aromatic carbocycles. The molecule has 0 bridgehead atoms. The van der Waals surface area contributed by atoms with E-state index in [2.05, 4.69) is 61.6 Å². The van der Waals surface area contributed by atoms with Crippen LogP contribution in [0.1, 0.15) is 96.1 Å². The summed E-state index contributed by atoms with van der Waals surface area (Å²) in [5.74, 6) is 0.575. The molecule has 0 spiro atoms. The molecule has 1 nitrogen and oxygen atoms in total. The molecule has 1 fully saturated rings. The Bertz CT molecular complexity index is 492. The number of benzene rings is 1. The zero-order valence-electron chi connectivity index (χ0n) is 16.5. The molecule has 2 heteroatoms. The molecule has 1 saturated carbocycles. The fourth-order valence-corrected chi connectivity index (χ4v) is 4.17. The average molecular weight is 456 g/mol. The van der Waals surface area contributed by atoms with Crippen molar-refractivity contribution in [1.29, 1.82) is 0 Å². The molecule has 0 aliphatic heterocycles. The molecule has 1 aromatic rings. The quantitative estimate of drug-likeness (QED) is 0.206. The Morgan fingerprint density at radius 3 is 2.00 bits per heavy atom. The van der Waals surface area contributed by atoms with Gasteiger partial charge in [-0.3, -0.25) is 0 Å². The highest BCUT2D eigenvalue weighted by Crippen LogP contribution is 2.49. The lowest BCUT2D eigenvalue weighted by molar-refractivity contribution is 0.358. The van der Waals surface area contributed by atoms with Crippen molar-refractivity contribution in [3.8, 4) is 5.75 Å². The molecule has 0 saturated heterocycles. The van der Waals surface area contributed by atoms with Crippen LogP contribution in [0, 0.1) is 5.41 Å². The summed E-state index contributed by atoms with van der Waals surface area (Å²) >= 11 is 2.64. The van der Waals surface area contributed by atoms with Gasteiger partial charge in [0.15, 0.2) is 0 Å². The molecule has 142 valence electrons. The Balaban J connectivity index is 1.67. The normalized spacial score (nSPS) is 16.2. The SMILES string of the molecule is CC(C)(C)CCCCCc1cccc(CCCCCC2(I)CC2)c1O. The van der Waals surface area contributed by atoms with E-state index in [1.165, 1.54) is 64.2 Å². The summed E-state index contributed by atoms with van der Waals surface area (Å²) < 4.78 is 0.660. The van der Waals surface area contributed by atoms with Crippen LogP contribution in [-0.2, 0) is 12.8 Å². The second kappa shape index (κ2) is 9.62. The van der Waals surface area contributed by atoms with Crippen molar-refractivity contribution in [2.24, 2.45) is 5.41 Å². The monoisotopic (exact) mass is 456 g/mol. The van der Waals surface area contributed by atoms with Gasteiger partial charge in [-0.05, 0) is 67.9 Å². The molecule has 1 aliphatic rings. The van der Waals surface area contributed by atoms with E-state index >= 15 is 0 Å². The fourth-order valence-electron chi connectivity index (χ4n) is 3.52. The summed E-state index contributed by atoms with van der Waals surface area (Å²) in [5.41, 5.74) is 2.75. The first-order chi connectivity index (χ1) is 11.8. The third-order valence-corrected chi connectivity index (χ3v) is 7.06. The van der Waals surface area contributed by atoms with Crippen molar-refractivity contribution in [2.75, 3.05) is 0 Å². The van der Waals surface area contributed by atoms with Crippen molar-refractivity contribution < 1.29 is 5.11 Å². The standard InChI is InChI=1S/C23H37IO/c1-22(2,3)15-8-4-6-11-19-13-10-14-20(21(19)25)12-7-5-9-16-23(24)17-18-23/h10,13-14,25H,4-9,11-12,15-18H2,1-3H3. The molecule has 0 heterocycles. The van der Waals surface area contributed by atoms with Gasteiger partial charge in [0.05, 0.1) is 0 Å². The first-order valence-electron chi connectivity index (χ1n) is 10.3. The molecular weight excluding hydrogens is 419 g/mol. The Labute approximate surface area is 169 Å². The predicted octanol–water partition coefficient (Wildman–Crippen LogP) is 7.61. The van der Waals surface area contributed by atoms with E-state index < -0.39 is 0 Å². The minimum absolute atomic E-state index is 0.443. The minimum atomic E-state index is 0.443. The van der Waals surface area contributed by atoms with Crippen molar-refractivity contribution >= 4 is 22.6 Å². The zero-order valence-corrected chi connectivity index (χ0v) is 18.7. The van der Waals surface area contributed by atoms with Crippen molar-refractivity contribution in [3.05, 3.63) is 29.3 Å². The molecule has 25 heavy (non-hydrogen) atoms. The van der Waals surface area contributed by atoms with Gasteiger partial charge in [-0.1, -0.05) is 87.2 Å². The largest absolute Gasteiger partial charge is 0.507 e. The molecule has 0 aromatic heterocycles. The van der Waals surface area contributed by atoms with Crippen LogP contribution in [0.4, 0.5) is 0 Å². The summed E-state index contributed by atoms with van der Waals surface area (Å²) in [6, 6.07) is 6.35. The van der Waals surface area contributed by atoms with Crippen LogP contribution in [0.3, 0.4) is 0 Å². The third kappa shape index (κ3) is 8.32. The van der Waals surface area contributed by atoms with Crippen molar-refractivity contribution in [2.45, 2.75) is 101 Å². The summed E-state index contributed by atoms with van der Waals surface area (Å²) in [4.78, 5) is 0. The predicted molar refractivity (Wildman–Crippen MR) is 118 cm³/mol. The Hall–Kier alpha value is -0.250. The van der Waals surface area contributed by atoms with Crippen LogP contribution in [0.25, 0.3) is 0 Å². The van der Waals surface area contributed by atoms with Crippen molar-refractivity contribution in [1.82, 2.24) is 0 Å². The number of halogens is 1. The van der Waals surface area contributed by atoms with Gasteiger partial charge in [0.1, 0.15) is 5.75 Å². The highest BCUT2D eigenvalue weighted by Gasteiger charge is 2.38. The van der Waals surface area contributed by atoms with Gasteiger partial charge in [-0.15, -0.1) is 0 Å². The number of hydrogen-bond acceptors (Lipinski definition) is 1. The topological polar surface area (TPSA) is 20.2 Å². The van der Waals surface area contributed by atoms with E-state index in [0.717, 1.165) is 24.0 Å². The van der Waals surface area contributed by atoms with Crippen LogP contribution in [0.15, 0.2) is 18.2 Å². The van der Waals surface area contributed by atoms with Crippen LogP contribution in [-0.4, -0.2) is 8.53 Å². The number of aromatic hydroxyl groups is 1. The molecular formula is C23H37IO. The second-order valence-electron chi connectivity index (χ2n) is 9.26. The number of aryl methyl sites for hydroxylation is 2. The van der Waals surface area contributed by atoms with E-state index in [9.17, 15) is 5.11 Å². The number of hydrogen-bond donors (Lipinski definition) is 1. The van der Waals surface area contributed by atoms with E-state index in [4.69, 9.17) is 0 Å². The van der Waals surface area contributed by atoms with E-state index in [-0.39, 0.29) is 0 Å². The number of unbranched alkanes of at least 4 members (excludes halogenated alkanes) is 4. The molecule has 0 radical (unpaired) electrons. The maximum atomic E-state index is 10.6. The highest BCUT2D eigenvalue weighted by atomic mass is 127. The van der Waals surface area contributed by atoms with Gasteiger partial charge in [0, 0.05) is 3.42 Å². The van der Waals surface area contributed by atoms with Crippen molar-refractivity contribution in [3.63, 3.8) is 0 Å². The van der Waals surface area contributed by atoms with Crippen LogP contribution in [0.2, 0.25) is 0 Å². The maximum Gasteiger partial charge on any atom is 0.121 e. The fraction of sp³-hybridized carbons (Fsp3) is 0.739. The van der Waals surface area contributed by atoms with E-state index in [1.54, 1.807) is 0 Å². The lowest BCUT2D eigenvalue weighted by atomic mass is 9.89. The van der Waals surface area contributed by atoms with Gasteiger partial charge in [-0.25, -0.2) is 0 Å². The molecule has 2 rings (SSSR count). The summed E-state index contributed by atoms with van der Waals surface area (Å²) in [6.07, 6.45) is 15.1. The molecule has 0 amide bonds. The Kier molecular flexibility index (Phi) is 8.10. The summed E-state index contributed by atoms with van der Waals surface area (Å²) in [5, 5.41) is 10.6. The Morgan fingerprint density at radius 1 is 0.920 bits per heavy atom. The molecule has 1 aliphatic carbocycles. The summed E-state index contributed by atoms with van der Waals surface area (Å²) in [7, 11) is 0. The van der Waals surface area contributed by atoms with E-state index in [1.807, 2.05) is 0 Å². The number of para-hydroxylation sites is 1. The molecule has 0 atom stereocenters. The molecule has 1 N–H and O–H groups in total. The number of phenolic OH excluding ortho intramolecular Hbond substituents is 1. The first-order valence-corrected chi connectivity index (χ1v) is 11.4. The molecule has 0 unspecified atom stereocenters. The second-order valence-corrected chi connectivity index (χ2v) is 11.5. The minimum Gasteiger partial charge on any atom is -0.507 e. The van der Waals surface area contributed by atoms with Crippen LogP contribution in [0.5, 0.6) is 5.75 Å². The Morgan fingerprint density at radius 2 is 1.48 bits per heavy atom. The smallest absolute Gasteiger partial charge is 0.121 e. The lowest BCUT2D eigenvalue weighted by Crippen LogP contribution is -2.04. The van der Waals surface area contributed by atoms with Gasteiger partial charge in [-0.2, -0.15) is 0 Å². The lowest BCUT2D eigenvalue weighted by Gasteiger charge is -2.17. The van der Waals surface area contributed by atoms with Gasteiger partial charge in [0.25, 0.3) is 0 Å². The number of phenols is 1. The van der Waals surface area contributed by atoms with Gasteiger partial charge in [0.2, 0.25) is 0 Å². The van der Waals surface area contributed by atoms with Crippen LogP contribution >= 0.6 is 22.6 Å².